The number of aromatic nitrogens is 2. The molecule has 7 nitrogen and oxygen atoms in total. The van der Waals surface area contributed by atoms with Crippen molar-refractivity contribution in [2.24, 2.45) is 11.8 Å². The van der Waals surface area contributed by atoms with Gasteiger partial charge in [0, 0.05) is 13.1 Å². The fraction of sp³-hybridized carbons (Fsp3) is 0.786. The molecule has 21 heavy (non-hydrogen) atoms. The number of aliphatic carboxylic acids is 1. The first-order valence-electron chi connectivity index (χ1n) is 7.41. The second-order valence-corrected chi connectivity index (χ2v) is 6.24. The van der Waals surface area contributed by atoms with Gasteiger partial charge in [-0.2, -0.15) is 4.98 Å². The molecule has 1 aromatic heterocycles. The van der Waals surface area contributed by atoms with Crippen LogP contribution in [0.25, 0.3) is 0 Å². The summed E-state index contributed by atoms with van der Waals surface area (Å²) in [6.07, 6.45) is 1.26. The number of hydrogen-bond donors (Lipinski definition) is 1. The van der Waals surface area contributed by atoms with Gasteiger partial charge in [0.1, 0.15) is 6.10 Å². The number of hydrogen-bond acceptors (Lipinski definition) is 6. The van der Waals surface area contributed by atoms with Gasteiger partial charge in [-0.1, -0.05) is 12.1 Å². The van der Waals surface area contributed by atoms with E-state index in [0.717, 1.165) is 19.5 Å². The molecule has 0 radical (unpaired) electrons. The number of ether oxygens (including phenoxy) is 1. The first kappa shape index (κ1) is 14.5. The predicted molar refractivity (Wildman–Crippen MR) is 72.8 cm³/mol. The first-order chi connectivity index (χ1) is 10.0. The zero-order chi connectivity index (χ0) is 15.0. The Morgan fingerprint density at radius 1 is 1.43 bits per heavy atom. The van der Waals surface area contributed by atoms with Crippen LogP contribution in [0.2, 0.25) is 0 Å². The summed E-state index contributed by atoms with van der Waals surface area (Å²) in [4.78, 5) is 17.9. The third kappa shape index (κ3) is 2.94. The van der Waals surface area contributed by atoms with Crippen LogP contribution in [0.1, 0.15) is 43.5 Å². The molecule has 1 aliphatic carbocycles. The highest BCUT2D eigenvalue weighted by Gasteiger charge is 2.41. The Morgan fingerprint density at radius 3 is 2.95 bits per heavy atom. The number of rotatable bonds is 3. The van der Waals surface area contributed by atoms with Crippen molar-refractivity contribution >= 4 is 5.97 Å². The Balaban J connectivity index is 1.76. The molecule has 7 heteroatoms. The molecule has 1 saturated carbocycles. The fourth-order valence-corrected chi connectivity index (χ4v) is 3.30. The van der Waals surface area contributed by atoms with Gasteiger partial charge in [-0.3, -0.25) is 4.79 Å². The summed E-state index contributed by atoms with van der Waals surface area (Å²) in [5.41, 5.74) is 0. The van der Waals surface area contributed by atoms with Gasteiger partial charge in [0.15, 0.2) is 0 Å². The molecule has 2 aliphatic rings. The van der Waals surface area contributed by atoms with Crippen LogP contribution in [0.5, 0.6) is 0 Å². The molecule has 1 saturated heterocycles. The zero-order valence-corrected chi connectivity index (χ0v) is 12.4. The highest BCUT2D eigenvalue weighted by Crippen LogP contribution is 2.42. The Kier molecular flexibility index (Phi) is 3.95. The van der Waals surface area contributed by atoms with E-state index in [1.54, 1.807) is 0 Å². The summed E-state index contributed by atoms with van der Waals surface area (Å²) in [5, 5.41) is 13.3. The summed E-state index contributed by atoms with van der Waals surface area (Å²) in [5.74, 6) is -0.0524. The van der Waals surface area contributed by atoms with Gasteiger partial charge in [0.2, 0.25) is 11.7 Å². The SMILES string of the molecule is CC1CC(C(=O)O)C(c2nc(C3CN(C)CCO3)no2)C1. The quantitative estimate of drug-likeness (QED) is 0.898. The Bertz CT molecular complexity index is 518. The largest absolute Gasteiger partial charge is 0.481 e. The second-order valence-electron chi connectivity index (χ2n) is 6.24. The van der Waals surface area contributed by atoms with E-state index in [1.165, 1.54) is 0 Å². The molecule has 2 heterocycles. The molecule has 0 bridgehead atoms. The number of nitrogens with zero attached hydrogens (tertiary/aromatic N) is 3. The lowest BCUT2D eigenvalue weighted by Crippen LogP contribution is -2.35. The van der Waals surface area contributed by atoms with Crippen LogP contribution in [0.15, 0.2) is 4.52 Å². The van der Waals surface area contributed by atoms with Gasteiger partial charge in [0.25, 0.3) is 0 Å². The zero-order valence-electron chi connectivity index (χ0n) is 12.4. The lowest BCUT2D eigenvalue weighted by atomic mass is 9.96. The van der Waals surface area contributed by atoms with Gasteiger partial charge < -0.3 is 19.3 Å². The van der Waals surface area contributed by atoms with Gasteiger partial charge in [0.05, 0.1) is 18.4 Å². The Morgan fingerprint density at radius 2 is 2.24 bits per heavy atom. The normalized spacial score (nSPS) is 34.2. The third-order valence-corrected chi connectivity index (χ3v) is 4.45. The molecule has 2 fully saturated rings. The molecule has 4 unspecified atom stereocenters. The smallest absolute Gasteiger partial charge is 0.307 e. The van der Waals surface area contributed by atoms with Crippen molar-refractivity contribution in [1.82, 2.24) is 15.0 Å². The van der Waals surface area contributed by atoms with Crippen LogP contribution in [-0.2, 0) is 9.53 Å². The molecule has 1 aromatic rings. The van der Waals surface area contributed by atoms with Crippen LogP contribution < -0.4 is 0 Å². The van der Waals surface area contributed by atoms with E-state index >= 15 is 0 Å². The molecular weight excluding hydrogens is 274 g/mol. The molecular formula is C14H21N3O4. The van der Waals surface area contributed by atoms with Crippen LogP contribution in [0, 0.1) is 11.8 Å². The van der Waals surface area contributed by atoms with Gasteiger partial charge >= 0.3 is 5.97 Å². The van der Waals surface area contributed by atoms with Crippen LogP contribution in [-0.4, -0.2) is 52.9 Å². The minimum atomic E-state index is -0.780. The molecule has 0 aromatic carbocycles. The number of morpholine rings is 1. The predicted octanol–water partition coefficient (Wildman–Crippen LogP) is 1.29. The number of likely N-dealkylation sites (N-methyl/N-ethyl adjacent to an activating group) is 1. The average molecular weight is 295 g/mol. The number of carbonyl (C=O) groups is 1. The van der Waals surface area contributed by atoms with Gasteiger partial charge in [-0.25, -0.2) is 0 Å². The Hall–Kier alpha value is -1.47. The van der Waals surface area contributed by atoms with Crippen molar-refractivity contribution < 1.29 is 19.2 Å². The van der Waals surface area contributed by atoms with E-state index in [-0.39, 0.29) is 12.0 Å². The number of carboxylic acid groups (broad SMARTS) is 1. The van der Waals surface area contributed by atoms with E-state index in [0.29, 0.717) is 30.7 Å². The first-order valence-corrected chi connectivity index (χ1v) is 7.41. The van der Waals surface area contributed by atoms with Crippen molar-refractivity contribution in [1.29, 1.82) is 0 Å². The maximum Gasteiger partial charge on any atom is 0.307 e. The van der Waals surface area contributed by atoms with Crippen LogP contribution >= 0.6 is 0 Å². The van der Waals surface area contributed by atoms with E-state index in [4.69, 9.17) is 9.26 Å². The molecule has 0 amide bonds. The Labute approximate surface area is 123 Å². The van der Waals surface area contributed by atoms with E-state index in [2.05, 4.69) is 22.0 Å². The standard InChI is InChI=1S/C14H21N3O4/c1-8-5-9(10(6-8)14(18)19)13-15-12(16-21-13)11-7-17(2)3-4-20-11/h8-11H,3-7H2,1-2H3,(H,18,19). The molecule has 1 N–H and O–H groups in total. The minimum Gasteiger partial charge on any atom is -0.481 e. The highest BCUT2D eigenvalue weighted by molar-refractivity contribution is 5.71. The maximum atomic E-state index is 11.4. The van der Waals surface area contributed by atoms with E-state index in [1.807, 2.05) is 7.05 Å². The topological polar surface area (TPSA) is 88.7 Å². The molecule has 1 aliphatic heterocycles. The third-order valence-electron chi connectivity index (χ3n) is 4.45. The van der Waals surface area contributed by atoms with Crippen molar-refractivity contribution in [3.05, 3.63) is 11.7 Å². The average Bonchev–Trinajstić information content (AvgIpc) is 3.04. The van der Waals surface area contributed by atoms with Gasteiger partial charge in [-0.15, -0.1) is 0 Å². The lowest BCUT2D eigenvalue weighted by molar-refractivity contribution is -0.142. The minimum absolute atomic E-state index is 0.180. The lowest BCUT2D eigenvalue weighted by Gasteiger charge is -2.27. The van der Waals surface area contributed by atoms with Crippen molar-refractivity contribution in [3.63, 3.8) is 0 Å². The van der Waals surface area contributed by atoms with Crippen molar-refractivity contribution in [3.8, 4) is 0 Å². The fourth-order valence-electron chi connectivity index (χ4n) is 3.30. The summed E-state index contributed by atoms with van der Waals surface area (Å²) < 4.78 is 11.0. The second kappa shape index (κ2) is 5.73. The highest BCUT2D eigenvalue weighted by atomic mass is 16.5. The maximum absolute atomic E-state index is 11.4. The van der Waals surface area contributed by atoms with Crippen LogP contribution in [0.4, 0.5) is 0 Å². The summed E-state index contributed by atoms with van der Waals surface area (Å²) in [6.45, 7) is 4.32. The summed E-state index contributed by atoms with van der Waals surface area (Å²) in [6, 6.07) is 0. The van der Waals surface area contributed by atoms with Gasteiger partial charge in [-0.05, 0) is 25.8 Å². The van der Waals surface area contributed by atoms with Crippen LogP contribution in [0.3, 0.4) is 0 Å². The molecule has 116 valence electrons. The number of carboxylic acids is 1. The van der Waals surface area contributed by atoms with Crippen molar-refractivity contribution in [2.75, 3.05) is 26.7 Å². The van der Waals surface area contributed by atoms with Crippen molar-refractivity contribution in [2.45, 2.75) is 31.8 Å². The molecule has 4 atom stereocenters. The molecule has 3 rings (SSSR count). The summed E-state index contributed by atoms with van der Waals surface area (Å²) in [7, 11) is 2.02. The molecule has 0 spiro atoms. The van der Waals surface area contributed by atoms with E-state index < -0.39 is 11.9 Å². The monoisotopic (exact) mass is 295 g/mol. The summed E-state index contributed by atoms with van der Waals surface area (Å²) >= 11 is 0. The van der Waals surface area contributed by atoms with E-state index in [9.17, 15) is 9.90 Å².